The molecule has 16 heavy (non-hydrogen) atoms. The Morgan fingerprint density at radius 1 is 1.62 bits per heavy atom. The van der Waals surface area contributed by atoms with Gasteiger partial charge in [-0.05, 0) is 11.4 Å². The van der Waals surface area contributed by atoms with Gasteiger partial charge in [-0.3, -0.25) is 9.48 Å². The molecule has 0 aliphatic heterocycles. The van der Waals surface area contributed by atoms with Crippen molar-refractivity contribution in [1.82, 2.24) is 15.1 Å². The molecule has 0 aliphatic rings. The van der Waals surface area contributed by atoms with Crippen molar-refractivity contribution >= 4 is 22.9 Å². The Balaban J connectivity index is 1.81. The Morgan fingerprint density at radius 2 is 2.50 bits per heavy atom. The Kier molecular flexibility index (Phi) is 3.21. The summed E-state index contributed by atoms with van der Waals surface area (Å²) in [5, 5.41) is 8.73. The quantitative estimate of drug-likeness (QED) is 0.826. The number of nitrogens with two attached hydrogens (primary N) is 1. The van der Waals surface area contributed by atoms with Gasteiger partial charge in [0.1, 0.15) is 6.54 Å². The van der Waals surface area contributed by atoms with Gasteiger partial charge >= 0.3 is 0 Å². The smallest absolute Gasteiger partial charge is 0.242 e. The van der Waals surface area contributed by atoms with Crippen LogP contribution in [0.25, 0.3) is 0 Å². The number of hydrogen-bond acceptors (Lipinski definition) is 4. The van der Waals surface area contributed by atoms with Crippen molar-refractivity contribution in [2.24, 2.45) is 0 Å². The van der Waals surface area contributed by atoms with Gasteiger partial charge in [0.25, 0.3) is 0 Å². The monoisotopic (exact) mass is 236 g/mol. The van der Waals surface area contributed by atoms with E-state index in [-0.39, 0.29) is 12.5 Å². The predicted octanol–water partition coefficient (Wildman–Crippen LogP) is 0.843. The molecular weight excluding hydrogens is 224 g/mol. The summed E-state index contributed by atoms with van der Waals surface area (Å²) in [6.07, 6.45) is 3.15. The average molecular weight is 236 g/mol. The zero-order valence-electron chi connectivity index (χ0n) is 8.59. The Morgan fingerprint density at radius 3 is 3.12 bits per heavy atom. The van der Waals surface area contributed by atoms with E-state index >= 15 is 0 Å². The third-order valence-corrected chi connectivity index (χ3v) is 2.88. The molecule has 0 radical (unpaired) electrons. The van der Waals surface area contributed by atoms with E-state index in [0.29, 0.717) is 12.2 Å². The molecule has 0 aromatic carbocycles. The van der Waals surface area contributed by atoms with Gasteiger partial charge in [-0.15, -0.1) is 11.3 Å². The molecule has 6 heteroatoms. The second kappa shape index (κ2) is 4.80. The number of carbonyl (C=O) groups excluding carboxylic acids is 1. The first-order valence-electron chi connectivity index (χ1n) is 4.81. The van der Waals surface area contributed by atoms with Crippen LogP contribution < -0.4 is 11.1 Å². The SMILES string of the molecule is Nc1cnn(CC(=O)NCc2cccs2)c1. The number of carbonyl (C=O) groups is 1. The summed E-state index contributed by atoms with van der Waals surface area (Å²) in [6.45, 7) is 0.760. The number of amides is 1. The fourth-order valence-corrected chi connectivity index (χ4v) is 1.91. The summed E-state index contributed by atoms with van der Waals surface area (Å²) < 4.78 is 1.51. The van der Waals surface area contributed by atoms with Gasteiger partial charge in [0.15, 0.2) is 0 Å². The highest BCUT2D eigenvalue weighted by molar-refractivity contribution is 7.09. The van der Waals surface area contributed by atoms with E-state index < -0.39 is 0 Å². The molecule has 0 unspecified atom stereocenters. The molecule has 0 aliphatic carbocycles. The molecule has 0 saturated heterocycles. The number of nitrogens with one attached hydrogen (secondary N) is 1. The third-order valence-electron chi connectivity index (χ3n) is 2.00. The highest BCUT2D eigenvalue weighted by atomic mass is 32.1. The first kappa shape index (κ1) is 10.7. The largest absolute Gasteiger partial charge is 0.396 e. The number of rotatable bonds is 4. The minimum atomic E-state index is -0.0727. The fourth-order valence-electron chi connectivity index (χ4n) is 1.27. The van der Waals surface area contributed by atoms with E-state index in [1.54, 1.807) is 17.5 Å². The Hall–Kier alpha value is -1.82. The van der Waals surface area contributed by atoms with Crippen LogP contribution in [-0.4, -0.2) is 15.7 Å². The molecular formula is C10H12N4OS. The van der Waals surface area contributed by atoms with Crippen molar-refractivity contribution in [3.8, 4) is 0 Å². The molecule has 5 nitrogen and oxygen atoms in total. The minimum Gasteiger partial charge on any atom is -0.396 e. The lowest BCUT2D eigenvalue weighted by Crippen LogP contribution is -2.26. The molecule has 0 fully saturated rings. The number of aromatic nitrogens is 2. The van der Waals surface area contributed by atoms with E-state index in [1.165, 1.54) is 10.9 Å². The molecule has 2 heterocycles. The maximum absolute atomic E-state index is 11.5. The van der Waals surface area contributed by atoms with Gasteiger partial charge in [-0.1, -0.05) is 6.07 Å². The van der Waals surface area contributed by atoms with Crippen LogP contribution in [0.2, 0.25) is 0 Å². The molecule has 0 bridgehead atoms. The second-order valence-corrected chi connectivity index (χ2v) is 4.36. The van der Waals surface area contributed by atoms with E-state index in [4.69, 9.17) is 5.73 Å². The maximum atomic E-state index is 11.5. The lowest BCUT2D eigenvalue weighted by Gasteiger charge is -2.03. The number of hydrogen-bond donors (Lipinski definition) is 2. The van der Waals surface area contributed by atoms with Crippen molar-refractivity contribution < 1.29 is 4.79 Å². The highest BCUT2D eigenvalue weighted by Gasteiger charge is 2.03. The molecule has 2 aromatic heterocycles. The minimum absolute atomic E-state index is 0.0727. The van der Waals surface area contributed by atoms with Crippen LogP contribution in [0.4, 0.5) is 5.69 Å². The molecule has 2 aromatic rings. The van der Waals surface area contributed by atoms with Crippen LogP contribution in [0.1, 0.15) is 4.88 Å². The normalized spacial score (nSPS) is 10.2. The van der Waals surface area contributed by atoms with Crippen LogP contribution >= 0.6 is 11.3 Å². The fraction of sp³-hybridized carbons (Fsp3) is 0.200. The Labute approximate surface area is 96.9 Å². The first-order chi connectivity index (χ1) is 7.74. The zero-order chi connectivity index (χ0) is 11.4. The summed E-state index contributed by atoms with van der Waals surface area (Å²) in [5.41, 5.74) is 6.05. The summed E-state index contributed by atoms with van der Waals surface area (Å²) in [7, 11) is 0. The van der Waals surface area contributed by atoms with Crippen molar-refractivity contribution in [3.63, 3.8) is 0 Å². The van der Waals surface area contributed by atoms with Crippen LogP contribution in [0.3, 0.4) is 0 Å². The number of nitrogen functional groups attached to an aromatic ring is 1. The van der Waals surface area contributed by atoms with Gasteiger partial charge in [0.2, 0.25) is 5.91 Å². The molecule has 0 atom stereocenters. The van der Waals surface area contributed by atoms with Gasteiger partial charge in [-0.2, -0.15) is 5.10 Å². The van der Waals surface area contributed by atoms with E-state index in [2.05, 4.69) is 10.4 Å². The van der Waals surface area contributed by atoms with Crippen molar-refractivity contribution in [2.45, 2.75) is 13.1 Å². The van der Waals surface area contributed by atoms with Gasteiger partial charge in [-0.25, -0.2) is 0 Å². The maximum Gasteiger partial charge on any atom is 0.242 e. The summed E-state index contributed by atoms with van der Waals surface area (Å²) in [5.74, 6) is -0.0727. The number of anilines is 1. The van der Waals surface area contributed by atoms with Crippen LogP contribution in [-0.2, 0) is 17.9 Å². The van der Waals surface area contributed by atoms with Gasteiger partial charge in [0, 0.05) is 11.1 Å². The first-order valence-corrected chi connectivity index (χ1v) is 5.69. The lowest BCUT2D eigenvalue weighted by atomic mass is 10.4. The number of nitrogens with zero attached hydrogens (tertiary/aromatic N) is 2. The van der Waals surface area contributed by atoms with Crippen LogP contribution in [0.5, 0.6) is 0 Å². The van der Waals surface area contributed by atoms with Crippen molar-refractivity contribution in [1.29, 1.82) is 0 Å². The van der Waals surface area contributed by atoms with Crippen molar-refractivity contribution in [2.75, 3.05) is 5.73 Å². The Bertz CT molecular complexity index is 463. The zero-order valence-corrected chi connectivity index (χ0v) is 9.41. The van der Waals surface area contributed by atoms with Crippen LogP contribution in [0, 0.1) is 0 Å². The molecule has 84 valence electrons. The number of thiophene rings is 1. The molecule has 0 saturated carbocycles. The molecule has 0 spiro atoms. The van der Waals surface area contributed by atoms with Gasteiger partial charge < -0.3 is 11.1 Å². The molecule has 2 rings (SSSR count). The predicted molar refractivity (Wildman–Crippen MR) is 62.8 cm³/mol. The van der Waals surface area contributed by atoms with Crippen molar-refractivity contribution in [3.05, 3.63) is 34.8 Å². The topological polar surface area (TPSA) is 72.9 Å². The summed E-state index contributed by atoms with van der Waals surface area (Å²) >= 11 is 1.62. The van der Waals surface area contributed by atoms with E-state index in [0.717, 1.165) is 4.88 Å². The average Bonchev–Trinajstić information content (AvgIpc) is 2.87. The summed E-state index contributed by atoms with van der Waals surface area (Å²) in [4.78, 5) is 12.6. The molecule has 3 N–H and O–H groups in total. The molecule has 1 amide bonds. The highest BCUT2D eigenvalue weighted by Crippen LogP contribution is 2.07. The van der Waals surface area contributed by atoms with Crippen LogP contribution in [0.15, 0.2) is 29.9 Å². The summed E-state index contributed by atoms with van der Waals surface area (Å²) in [6, 6.07) is 3.94. The third kappa shape index (κ3) is 2.83. The standard InChI is InChI=1S/C10H12N4OS/c11-8-4-13-14(6-8)7-10(15)12-5-9-2-1-3-16-9/h1-4,6H,5,7,11H2,(H,12,15). The van der Waals surface area contributed by atoms with Gasteiger partial charge in [0.05, 0.1) is 18.4 Å². The van der Waals surface area contributed by atoms with E-state index in [9.17, 15) is 4.79 Å². The lowest BCUT2D eigenvalue weighted by molar-refractivity contribution is -0.122. The van der Waals surface area contributed by atoms with E-state index in [1.807, 2.05) is 17.5 Å². The second-order valence-electron chi connectivity index (χ2n) is 3.33.